The van der Waals surface area contributed by atoms with Gasteiger partial charge in [0, 0.05) is 24.8 Å². The second-order valence-electron chi connectivity index (χ2n) is 5.24. The van der Waals surface area contributed by atoms with Gasteiger partial charge < -0.3 is 10.0 Å². The number of aromatic nitrogens is 2. The summed E-state index contributed by atoms with van der Waals surface area (Å²) in [5, 5.41) is 15.3. The van der Waals surface area contributed by atoms with Gasteiger partial charge in [-0.15, -0.1) is 0 Å². The second-order valence-corrected chi connectivity index (χ2v) is 5.24. The van der Waals surface area contributed by atoms with Crippen molar-refractivity contribution in [2.24, 2.45) is 0 Å². The summed E-state index contributed by atoms with van der Waals surface area (Å²) in [6, 6.07) is 2.32. The lowest BCUT2D eigenvalue weighted by Crippen LogP contribution is -2.29. The van der Waals surface area contributed by atoms with E-state index < -0.39 is 34.7 Å². The molecule has 0 fully saturated rings. The summed E-state index contributed by atoms with van der Waals surface area (Å²) in [6.07, 6.45) is -3.36. The summed E-state index contributed by atoms with van der Waals surface area (Å²) in [4.78, 5) is 24.4. The number of benzene rings is 1. The number of H-pyrrole nitrogens is 1. The molecule has 2 aromatic rings. The first-order chi connectivity index (χ1) is 11.1. The molecule has 0 bridgehead atoms. The number of carboxylic acids is 1. The van der Waals surface area contributed by atoms with E-state index in [2.05, 4.69) is 10.2 Å². The van der Waals surface area contributed by atoms with E-state index in [0.717, 1.165) is 17.0 Å². The average molecular weight is 341 g/mol. The van der Waals surface area contributed by atoms with Crippen LogP contribution in [0.4, 0.5) is 13.2 Å². The quantitative estimate of drug-likeness (QED) is 0.895. The first-order valence-corrected chi connectivity index (χ1v) is 6.80. The third kappa shape index (κ3) is 3.55. The summed E-state index contributed by atoms with van der Waals surface area (Å²) in [7, 11) is 1.36. The van der Waals surface area contributed by atoms with E-state index in [0.29, 0.717) is 17.3 Å². The highest BCUT2D eigenvalue weighted by atomic mass is 19.4. The second kappa shape index (κ2) is 6.34. The van der Waals surface area contributed by atoms with Gasteiger partial charge in [0.15, 0.2) is 0 Å². The number of aryl methyl sites for hydroxylation is 1. The van der Waals surface area contributed by atoms with Crippen molar-refractivity contribution >= 4 is 11.9 Å². The van der Waals surface area contributed by atoms with Gasteiger partial charge in [0.25, 0.3) is 5.91 Å². The van der Waals surface area contributed by atoms with Crippen molar-refractivity contribution in [3.8, 4) is 0 Å². The van der Waals surface area contributed by atoms with Crippen LogP contribution in [-0.2, 0) is 12.7 Å². The summed E-state index contributed by atoms with van der Waals surface area (Å²) >= 11 is 0. The number of aromatic carboxylic acids is 1. The molecule has 1 aromatic carbocycles. The Balaban J connectivity index is 2.37. The maximum atomic E-state index is 13.2. The number of carbonyl (C=O) groups excluding carboxylic acids is 1. The molecular formula is C15H14F3N3O3. The molecule has 0 atom stereocenters. The van der Waals surface area contributed by atoms with Gasteiger partial charge in [0.1, 0.15) is 0 Å². The lowest BCUT2D eigenvalue weighted by molar-refractivity contribution is -0.138. The largest absolute Gasteiger partial charge is 0.478 e. The molecule has 0 saturated heterocycles. The van der Waals surface area contributed by atoms with Crippen LogP contribution in [0.1, 0.15) is 37.5 Å². The fourth-order valence-corrected chi connectivity index (χ4v) is 2.17. The number of nitrogens with zero attached hydrogens (tertiary/aromatic N) is 2. The highest BCUT2D eigenvalue weighted by Crippen LogP contribution is 2.33. The standard InChI is InChI=1S/C15H14F3N3O3/c1-8-10(6-19-20-8)7-21(2)13(22)11-4-3-9(14(23)24)5-12(11)15(16,17)18/h3-6H,7H2,1-2H3,(H,19,20)(H,23,24). The minimum absolute atomic E-state index is 0.0686. The van der Waals surface area contributed by atoms with Crippen LogP contribution in [0.5, 0.6) is 0 Å². The summed E-state index contributed by atoms with van der Waals surface area (Å²) in [6.45, 7) is 1.79. The third-order valence-electron chi connectivity index (χ3n) is 3.49. The maximum Gasteiger partial charge on any atom is 0.417 e. The molecule has 0 aliphatic heterocycles. The first-order valence-electron chi connectivity index (χ1n) is 6.80. The molecule has 6 nitrogen and oxygen atoms in total. The van der Waals surface area contributed by atoms with Crippen LogP contribution >= 0.6 is 0 Å². The Morgan fingerprint density at radius 2 is 2.00 bits per heavy atom. The van der Waals surface area contributed by atoms with Crippen LogP contribution in [0.15, 0.2) is 24.4 Å². The number of amides is 1. The molecule has 128 valence electrons. The van der Waals surface area contributed by atoms with Crippen molar-refractivity contribution in [2.75, 3.05) is 7.05 Å². The van der Waals surface area contributed by atoms with Gasteiger partial charge >= 0.3 is 12.1 Å². The van der Waals surface area contributed by atoms with Crippen molar-refractivity contribution in [1.82, 2.24) is 15.1 Å². The van der Waals surface area contributed by atoms with Gasteiger partial charge in [-0.1, -0.05) is 0 Å². The Morgan fingerprint density at radius 3 is 2.50 bits per heavy atom. The topological polar surface area (TPSA) is 86.3 Å². The van der Waals surface area contributed by atoms with Crippen LogP contribution in [0.3, 0.4) is 0 Å². The van der Waals surface area contributed by atoms with Crippen molar-refractivity contribution in [3.63, 3.8) is 0 Å². The Bertz CT molecular complexity index is 784. The SMILES string of the molecule is Cc1[nH]ncc1CN(C)C(=O)c1ccc(C(=O)O)cc1C(F)(F)F. The van der Waals surface area contributed by atoms with Gasteiger partial charge in [-0.3, -0.25) is 9.89 Å². The monoisotopic (exact) mass is 341 g/mol. The Labute approximate surface area is 134 Å². The minimum Gasteiger partial charge on any atom is -0.478 e. The molecule has 0 unspecified atom stereocenters. The number of alkyl halides is 3. The zero-order chi connectivity index (χ0) is 18.1. The minimum atomic E-state index is -4.84. The Kier molecular flexibility index (Phi) is 4.63. The normalized spacial score (nSPS) is 11.4. The first kappa shape index (κ1) is 17.5. The number of rotatable bonds is 4. The lowest BCUT2D eigenvalue weighted by Gasteiger charge is -2.20. The van der Waals surface area contributed by atoms with E-state index in [1.807, 2.05) is 0 Å². The molecule has 2 N–H and O–H groups in total. The van der Waals surface area contributed by atoms with Crippen molar-refractivity contribution < 1.29 is 27.9 Å². The fourth-order valence-electron chi connectivity index (χ4n) is 2.17. The number of hydrogen-bond donors (Lipinski definition) is 2. The number of halogens is 3. The number of hydrogen-bond acceptors (Lipinski definition) is 3. The van der Waals surface area contributed by atoms with Gasteiger partial charge in [0.05, 0.1) is 22.9 Å². The predicted molar refractivity (Wildman–Crippen MR) is 77.5 cm³/mol. The highest BCUT2D eigenvalue weighted by molar-refractivity contribution is 5.97. The molecule has 1 aromatic heterocycles. The van der Waals surface area contributed by atoms with Crippen LogP contribution in [0.2, 0.25) is 0 Å². The van der Waals surface area contributed by atoms with E-state index in [1.165, 1.54) is 13.2 Å². The van der Waals surface area contributed by atoms with Crippen molar-refractivity contribution in [1.29, 1.82) is 0 Å². The zero-order valence-corrected chi connectivity index (χ0v) is 12.8. The molecule has 0 aliphatic rings. The van der Waals surface area contributed by atoms with Crippen LogP contribution in [0.25, 0.3) is 0 Å². The molecule has 0 saturated carbocycles. The number of aromatic amines is 1. The molecule has 9 heteroatoms. The van der Waals surface area contributed by atoms with Gasteiger partial charge in [-0.25, -0.2) is 4.79 Å². The summed E-state index contributed by atoms with van der Waals surface area (Å²) < 4.78 is 39.5. The molecule has 0 radical (unpaired) electrons. The van der Waals surface area contributed by atoms with E-state index in [-0.39, 0.29) is 6.54 Å². The van der Waals surface area contributed by atoms with E-state index in [1.54, 1.807) is 6.92 Å². The average Bonchev–Trinajstić information content (AvgIpc) is 2.90. The van der Waals surface area contributed by atoms with Crippen LogP contribution in [0, 0.1) is 6.92 Å². The summed E-state index contributed by atoms with van der Waals surface area (Å²) in [5.41, 5.74) is -1.04. The fraction of sp³-hybridized carbons (Fsp3) is 0.267. The lowest BCUT2D eigenvalue weighted by atomic mass is 10.0. The van der Waals surface area contributed by atoms with Gasteiger partial charge in [-0.05, 0) is 25.1 Å². The molecule has 0 aliphatic carbocycles. The van der Waals surface area contributed by atoms with E-state index in [4.69, 9.17) is 5.11 Å². The highest BCUT2D eigenvalue weighted by Gasteiger charge is 2.36. The Morgan fingerprint density at radius 1 is 1.33 bits per heavy atom. The summed E-state index contributed by atoms with van der Waals surface area (Å²) in [5.74, 6) is -2.36. The third-order valence-corrected chi connectivity index (χ3v) is 3.49. The molecule has 0 spiro atoms. The molecular weight excluding hydrogens is 327 g/mol. The maximum absolute atomic E-state index is 13.2. The molecule has 24 heavy (non-hydrogen) atoms. The molecule has 2 rings (SSSR count). The van der Waals surface area contributed by atoms with Gasteiger partial charge in [0.2, 0.25) is 0 Å². The van der Waals surface area contributed by atoms with Crippen LogP contribution < -0.4 is 0 Å². The van der Waals surface area contributed by atoms with Crippen molar-refractivity contribution in [3.05, 3.63) is 52.3 Å². The molecule has 1 amide bonds. The van der Waals surface area contributed by atoms with Crippen molar-refractivity contribution in [2.45, 2.75) is 19.6 Å². The zero-order valence-electron chi connectivity index (χ0n) is 12.8. The Hall–Kier alpha value is -2.84. The number of carbonyl (C=O) groups is 2. The smallest absolute Gasteiger partial charge is 0.417 e. The number of nitrogens with one attached hydrogen (secondary N) is 1. The predicted octanol–water partition coefficient (Wildman–Crippen LogP) is 2.71. The van der Waals surface area contributed by atoms with E-state index >= 15 is 0 Å². The molecule has 1 heterocycles. The van der Waals surface area contributed by atoms with E-state index in [9.17, 15) is 22.8 Å². The van der Waals surface area contributed by atoms with Gasteiger partial charge in [-0.2, -0.15) is 18.3 Å². The number of carboxylic acid groups (broad SMARTS) is 1. The van der Waals surface area contributed by atoms with Crippen LogP contribution in [-0.4, -0.2) is 39.1 Å².